The molecule has 37 heavy (non-hydrogen) atoms. The Bertz CT molecular complexity index is 1170. The number of ether oxygens (including phenoxy) is 1. The van der Waals surface area contributed by atoms with Crippen molar-refractivity contribution in [3.05, 3.63) is 59.8 Å². The molecule has 0 radical (unpaired) electrons. The topological polar surface area (TPSA) is 90.9 Å². The quantitative estimate of drug-likeness (QED) is 0.538. The monoisotopic (exact) mass is 504 g/mol. The van der Waals surface area contributed by atoms with E-state index in [0.717, 1.165) is 51.0 Å². The average Bonchev–Trinajstić information content (AvgIpc) is 3.69. The zero-order chi connectivity index (χ0) is 26.2. The van der Waals surface area contributed by atoms with Gasteiger partial charge < -0.3 is 15.0 Å². The number of fused-ring (bicyclic) bond motifs is 1. The molecule has 1 atom stereocenters. The molecule has 1 aliphatic carbocycles. The van der Waals surface area contributed by atoms with Gasteiger partial charge in [0.1, 0.15) is 12.4 Å². The maximum Gasteiger partial charge on any atom is 0.416 e. The first-order valence-electron chi connectivity index (χ1n) is 13.2. The van der Waals surface area contributed by atoms with E-state index >= 15 is 0 Å². The van der Waals surface area contributed by atoms with Gasteiger partial charge in [0.2, 0.25) is 11.9 Å². The molecular weight excluding hydrogens is 468 g/mol. The minimum atomic E-state index is -0.372. The Morgan fingerprint density at radius 2 is 1.89 bits per heavy atom. The molecule has 196 valence electrons. The van der Waals surface area contributed by atoms with Gasteiger partial charge in [-0.05, 0) is 50.3 Å². The van der Waals surface area contributed by atoms with Gasteiger partial charge in [0.25, 0.3) is 0 Å². The Kier molecular flexibility index (Phi) is 6.90. The van der Waals surface area contributed by atoms with E-state index in [1.807, 2.05) is 18.7 Å². The fourth-order valence-electron chi connectivity index (χ4n) is 5.46. The SMILES string of the molecule is C=CC(=O)N1CCN(C(CC)c2ccc(C3(Nc4ncc5c(n4)N(C(C)C)C(=O)OC5)CC3)cc2)CC1. The van der Waals surface area contributed by atoms with E-state index in [1.165, 1.54) is 17.2 Å². The van der Waals surface area contributed by atoms with Gasteiger partial charge >= 0.3 is 6.09 Å². The van der Waals surface area contributed by atoms with E-state index < -0.39 is 0 Å². The lowest BCUT2D eigenvalue weighted by molar-refractivity contribution is -0.128. The summed E-state index contributed by atoms with van der Waals surface area (Å²) < 4.78 is 5.27. The second-order valence-electron chi connectivity index (χ2n) is 10.4. The van der Waals surface area contributed by atoms with E-state index in [-0.39, 0.29) is 30.2 Å². The van der Waals surface area contributed by atoms with Crippen molar-refractivity contribution in [1.29, 1.82) is 0 Å². The second kappa shape index (κ2) is 10.1. The molecule has 1 saturated heterocycles. The van der Waals surface area contributed by atoms with Gasteiger partial charge in [0.05, 0.1) is 11.1 Å². The smallest absolute Gasteiger partial charge is 0.416 e. The molecule has 2 aliphatic heterocycles. The molecular formula is C28H36N6O3. The fourth-order valence-corrected chi connectivity index (χ4v) is 5.46. The Hall–Kier alpha value is -3.46. The molecule has 2 fully saturated rings. The standard InChI is InChI=1S/C28H36N6O3/c1-5-23(32-13-15-33(16-14-32)24(35)6-2)20-7-9-22(10-8-20)28(11-12-28)31-26-29-17-21-18-37-27(36)34(19(3)4)25(21)30-26/h6-10,17,19,23H,2,5,11-16,18H2,1,3-4H3,(H,29,30,31). The largest absolute Gasteiger partial charge is 0.444 e. The van der Waals surface area contributed by atoms with E-state index in [0.29, 0.717) is 17.8 Å². The van der Waals surface area contributed by atoms with Crippen LogP contribution in [0.4, 0.5) is 16.6 Å². The molecule has 1 aromatic carbocycles. The van der Waals surface area contributed by atoms with Crippen LogP contribution in [0.5, 0.6) is 0 Å². The summed E-state index contributed by atoms with van der Waals surface area (Å²) in [6.07, 6.45) is 5.79. The second-order valence-corrected chi connectivity index (χ2v) is 10.4. The van der Waals surface area contributed by atoms with Crippen molar-refractivity contribution in [1.82, 2.24) is 19.8 Å². The Morgan fingerprint density at radius 1 is 1.19 bits per heavy atom. The molecule has 3 heterocycles. The molecule has 9 heteroatoms. The highest BCUT2D eigenvalue weighted by Crippen LogP contribution is 2.48. The molecule has 2 amide bonds. The summed E-state index contributed by atoms with van der Waals surface area (Å²) in [6, 6.07) is 9.16. The van der Waals surface area contributed by atoms with Crippen molar-refractivity contribution < 1.29 is 14.3 Å². The van der Waals surface area contributed by atoms with Gasteiger partial charge in [-0.25, -0.2) is 9.78 Å². The van der Waals surface area contributed by atoms with Gasteiger partial charge in [-0.15, -0.1) is 0 Å². The minimum Gasteiger partial charge on any atom is -0.444 e. The first kappa shape index (κ1) is 25.2. The third kappa shape index (κ3) is 4.92. The summed E-state index contributed by atoms with van der Waals surface area (Å²) >= 11 is 0. The number of hydrogen-bond donors (Lipinski definition) is 1. The molecule has 0 bridgehead atoms. The van der Waals surface area contributed by atoms with Gasteiger partial charge in [0.15, 0.2) is 0 Å². The van der Waals surface area contributed by atoms with Crippen molar-refractivity contribution in [3.8, 4) is 0 Å². The number of anilines is 2. The van der Waals surface area contributed by atoms with Crippen molar-refractivity contribution >= 4 is 23.8 Å². The lowest BCUT2D eigenvalue weighted by atomic mass is 9.97. The zero-order valence-electron chi connectivity index (χ0n) is 21.9. The van der Waals surface area contributed by atoms with Gasteiger partial charge in [-0.1, -0.05) is 37.8 Å². The maximum atomic E-state index is 12.3. The van der Waals surface area contributed by atoms with Crippen molar-refractivity contribution in [2.45, 2.75) is 64.3 Å². The van der Waals surface area contributed by atoms with Gasteiger partial charge in [0, 0.05) is 44.5 Å². The number of rotatable bonds is 8. The highest BCUT2D eigenvalue weighted by Gasteiger charge is 2.45. The summed E-state index contributed by atoms with van der Waals surface area (Å²) in [5, 5.41) is 3.56. The van der Waals surface area contributed by atoms with Crippen LogP contribution in [0.2, 0.25) is 0 Å². The molecule has 0 spiro atoms. The van der Waals surface area contributed by atoms with Crippen molar-refractivity contribution in [3.63, 3.8) is 0 Å². The molecule has 3 aliphatic rings. The predicted octanol–water partition coefficient (Wildman–Crippen LogP) is 4.22. The highest BCUT2D eigenvalue weighted by molar-refractivity contribution is 5.89. The number of hydrogen-bond acceptors (Lipinski definition) is 7. The van der Waals surface area contributed by atoms with Crippen LogP contribution in [0.3, 0.4) is 0 Å². The Morgan fingerprint density at radius 3 is 2.49 bits per heavy atom. The summed E-state index contributed by atoms with van der Waals surface area (Å²) in [5.74, 6) is 1.16. The molecule has 2 aromatic rings. The first-order valence-corrected chi connectivity index (χ1v) is 13.2. The number of piperazine rings is 1. The normalized spacial score (nSPS) is 19.7. The van der Waals surface area contributed by atoms with Crippen molar-refractivity contribution in [2.24, 2.45) is 0 Å². The minimum absolute atomic E-state index is 0.0130. The molecule has 1 N–H and O–H groups in total. The molecule has 9 nitrogen and oxygen atoms in total. The zero-order valence-corrected chi connectivity index (χ0v) is 21.9. The Labute approximate surface area is 218 Å². The number of benzene rings is 1. The molecule has 5 rings (SSSR count). The lowest BCUT2D eigenvalue weighted by Crippen LogP contribution is -2.49. The van der Waals surface area contributed by atoms with E-state index in [2.05, 4.69) is 53.0 Å². The summed E-state index contributed by atoms with van der Waals surface area (Å²) in [4.78, 5) is 39.4. The van der Waals surface area contributed by atoms with Crippen LogP contribution in [0, 0.1) is 0 Å². The summed E-state index contributed by atoms with van der Waals surface area (Å²) in [5.41, 5.74) is 3.13. The van der Waals surface area contributed by atoms with Crippen LogP contribution in [-0.2, 0) is 21.7 Å². The van der Waals surface area contributed by atoms with E-state index in [9.17, 15) is 9.59 Å². The van der Waals surface area contributed by atoms with Crippen molar-refractivity contribution in [2.75, 3.05) is 36.4 Å². The van der Waals surface area contributed by atoms with Crippen LogP contribution in [-0.4, -0.2) is 64.0 Å². The fraction of sp³-hybridized carbons (Fsp3) is 0.500. The first-order chi connectivity index (χ1) is 17.8. The summed E-state index contributed by atoms with van der Waals surface area (Å²) in [7, 11) is 0. The van der Waals surface area contributed by atoms with Crippen LogP contribution in [0.15, 0.2) is 43.1 Å². The number of cyclic esters (lactones) is 1. The third-order valence-corrected chi connectivity index (χ3v) is 7.71. The van der Waals surface area contributed by atoms with Crippen LogP contribution in [0.25, 0.3) is 0 Å². The summed E-state index contributed by atoms with van der Waals surface area (Å²) in [6.45, 7) is 13.1. The number of aromatic nitrogens is 2. The molecule has 1 aromatic heterocycles. The van der Waals surface area contributed by atoms with Crippen LogP contribution < -0.4 is 10.2 Å². The van der Waals surface area contributed by atoms with Crippen LogP contribution >= 0.6 is 0 Å². The number of carbonyl (C=O) groups is 2. The Balaban J connectivity index is 1.29. The highest BCUT2D eigenvalue weighted by atomic mass is 16.6. The number of carbonyl (C=O) groups excluding carboxylic acids is 2. The number of nitrogens with one attached hydrogen (secondary N) is 1. The number of amides is 2. The van der Waals surface area contributed by atoms with E-state index in [1.54, 1.807) is 11.1 Å². The van der Waals surface area contributed by atoms with Gasteiger partial charge in [-0.2, -0.15) is 4.98 Å². The third-order valence-electron chi connectivity index (χ3n) is 7.71. The number of nitrogens with zero attached hydrogens (tertiary/aromatic N) is 5. The average molecular weight is 505 g/mol. The van der Waals surface area contributed by atoms with Gasteiger partial charge in [-0.3, -0.25) is 14.6 Å². The predicted molar refractivity (Wildman–Crippen MR) is 142 cm³/mol. The molecule has 1 saturated carbocycles. The maximum absolute atomic E-state index is 12.3. The molecule has 1 unspecified atom stereocenters. The lowest BCUT2D eigenvalue weighted by Gasteiger charge is -2.39. The van der Waals surface area contributed by atoms with E-state index in [4.69, 9.17) is 9.72 Å². The van der Waals surface area contributed by atoms with Crippen LogP contribution in [0.1, 0.15) is 62.8 Å².